The van der Waals surface area contributed by atoms with Gasteiger partial charge in [-0.15, -0.1) is 0 Å². The third-order valence-electron chi connectivity index (χ3n) is 4.39. The van der Waals surface area contributed by atoms with Gasteiger partial charge in [0.15, 0.2) is 11.7 Å². The molecule has 9 heteroatoms. The SMILES string of the molecule is CCC[C@H](NC(=O)c1ccccc1)C(=O)OCC(=O)Nc1nc2ccc(OC)cc2s1. The highest BCUT2D eigenvalue weighted by Crippen LogP contribution is 2.29. The maximum Gasteiger partial charge on any atom is 0.329 e. The molecule has 0 aliphatic heterocycles. The van der Waals surface area contributed by atoms with Crippen molar-refractivity contribution in [2.45, 2.75) is 25.8 Å². The van der Waals surface area contributed by atoms with Crippen molar-refractivity contribution in [2.75, 3.05) is 19.0 Å². The molecule has 31 heavy (non-hydrogen) atoms. The van der Waals surface area contributed by atoms with Gasteiger partial charge in [0, 0.05) is 5.56 Å². The van der Waals surface area contributed by atoms with Crippen LogP contribution in [0.5, 0.6) is 5.75 Å². The van der Waals surface area contributed by atoms with Crippen LogP contribution in [-0.2, 0) is 14.3 Å². The predicted octanol–water partition coefficient (Wildman–Crippen LogP) is 3.39. The van der Waals surface area contributed by atoms with Crippen molar-refractivity contribution in [2.24, 2.45) is 0 Å². The summed E-state index contributed by atoms with van der Waals surface area (Å²) in [6.07, 6.45) is 1.06. The molecule has 2 aromatic carbocycles. The smallest absolute Gasteiger partial charge is 0.329 e. The van der Waals surface area contributed by atoms with Crippen molar-refractivity contribution in [1.82, 2.24) is 10.3 Å². The van der Waals surface area contributed by atoms with E-state index >= 15 is 0 Å². The summed E-state index contributed by atoms with van der Waals surface area (Å²) in [7, 11) is 1.58. The Bertz CT molecular complexity index is 1070. The third-order valence-corrected chi connectivity index (χ3v) is 5.32. The first-order chi connectivity index (χ1) is 15.0. The fourth-order valence-electron chi connectivity index (χ4n) is 2.85. The molecule has 0 fully saturated rings. The number of hydrogen-bond acceptors (Lipinski definition) is 7. The predicted molar refractivity (Wildman–Crippen MR) is 118 cm³/mol. The summed E-state index contributed by atoms with van der Waals surface area (Å²) >= 11 is 1.29. The molecule has 3 aromatic rings. The van der Waals surface area contributed by atoms with Crippen molar-refractivity contribution in [3.8, 4) is 5.75 Å². The molecule has 2 amide bonds. The summed E-state index contributed by atoms with van der Waals surface area (Å²) in [5.74, 6) is -0.841. The Morgan fingerprint density at radius 3 is 2.61 bits per heavy atom. The number of benzene rings is 2. The molecular weight excluding hydrogens is 418 g/mol. The number of nitrogens with zero attached hydrogens (tertiary/aromatic N) is 1. The number of rotatable bonds is 9. The van der Waals surface area contributed by atoms with E-state index in [0.29, 0.717) is 29.3 Å². The van der Waals surface area contributed by atoms with Crippen LogP contribution in [0.1, 0.15) is 30.1 Å². The third kappa shape index (κ3) is 6.02. The van der Waals surface area contributed by atoms with E-state index in [1.807, 2.05) is 13.0 Å². The lowest BCUT2D eigenvalue weighted by Crippen LogP contribution is -2.42. The van der Waals surface area contributed by atoms with E-state index < -0.39 is 24.5 Å². The summed E-state index contributed by atoms with van der Waals surface area (Å²) < 4.78 is 11.2. The number of amides is 2. The fourth-order valence-corrected chi connectivity index (χ4v) is 3.76. The molecule has 0 unspecified atom stereocenters. The van der Waals surface area contributed by atoms with Gasteiger partial charge >= 0.3 is 5.97 Å². The molecule has 0 spiro atoms. The Morgan fingerprint density at radius 1 is 1.13 bits per heavy atom. The molecule has 1 atom stereocenters. The van der Waals surface area contributed by atoms with Crippen LogP contribution in [0.2, 0.25) is 0 Å². The lowest BCUT2D eigenvalue weighted by Gasteiger charge is -2.17. The van der Waals surface area contributed by atoms with Crippen molar-refractivity contribution < 1.29 is 23.9 Å². The van der Waals surface area contributed by atoms with Gasteiger partial charge in [-0.25, -0.2) is 9.78 Å². The minimum Gasteiger partial charge on any atom is -0.497 e. The van der Waals surface area contributed by atoms with E-state index in [1.54, 1.807) is 49.6 Å². The van der Waals surface area contributed by atoms with Crippen LogP contribution in [0.3, 0.4) is 0 Å². The fraction of sp³-hybridized carbons (Fsp3) is 0.273. The average molecular weight is 442 g/mol. The Morgan fingerprint density at radius 2 is 1.90 bits per heavy atom. The van der Waals surface area contributed by atoms with Gasteiger partial charge in [-0.2, -0.15) is 0 Å². The Labute approximate surface area is 183 Å². The summed E-state index contributed by atoms with van der Waals surface area (Å²) in [6, 6.07) is 13.2. The minimum absolute atomic E-state index is 0.370. The number of anilines is 1. The van der Waals surface area contributed by atoms with E-state index in [4.69, 9.17) is 9.47 Å². The van der Waals surface area contributed by atoms with Crippen LogP contribution >= 0.6 is 11.3 Å². The molecule has 1 aromatic heterocycles. The van der Waals surface area contributed by atoms with Gasteiger partial charge in [-0.3, -0.25) is 14.9 Å². The lowest BCUT2D eigenvalue weighted by atomic mass is 10.1. The molecule has 1 heterocycles. The first-order valence-corrected chi connectivity index (χ1v) is 10.6. The standard InChI is InChI=1S/C22H23N3O5S/c1-3-7-17(23-20(27)14-8-5-4-6-9-14)21(28)30-13-19(26)25-22-24-16-11-10-15(29-2)12-18(16)31-22/h4-6,8-12,17H,3,7,13H2,1-2H3,(H,23,27)(H,24,25,26)/t17-/m0/s1. The van der Waals surface area contributed by atoms with E-state index in [9.17, 15) is 14.4 Å². The minimum atomic E-state index is -0.833. The Kier molecular flexibility index (Phi) is 7.55. The zero-order chi connectivity index (χ0) is 22.2. The molecule has 0 aliphatic carbocycles. The van der Waals surface area contributed by atoms with E-state index in [-0.39, 0.29) is 5.91 Å². The molecule has 0 radical (unpaired) electrons. The average Bonchev–Trinajstić information content (AvgIpc) is 3.18. The maximum absolute atomic E-state index is 12.4. The molecule has 3 rings (SSSR count). The number of thiazole rings is 1. The van der Waals surface area contributed by atoms with Crippen LogP contribution in [0, 0.1) is 0 Å². The largest absolute Gasteiger partial charge is 0.497 e. The van der Waals surface area contributed by atoms with E-state index in [2.05, 4.69) is 15.6 Å². The first kappa shape index (κ1) is 22.2. The van der Waals surface area contributed by atoms with Gasteiger partial charge in [0.05, 0.1) is 17.3 Å². The lowest BCUT2D eigenvalue weighted by molar-refractivity contribution is -0.149. The second-order valence-corrected chi connectivity index (χ2v) is 7.72. The van der Waals surface area contributed by atoms with Gasteiger partial charge in [-0.1, -0.05) is 42.9 Å². The molecule has 0 bridgehead atoms. The number of nitrogens with one attached hydrogen (secondary N) is 2. The maximum atomic E-state index is 12.4. The Hall–Kier alpha value is -3.46. The van der Waals surface area contributed by atoms with Crippen LogP contribution in [0.4, 0.5) is 5.13 Å². The first-order valence-electron chi connectivity index (χ1n) is 9.77. The van der Waals surface area contributed by atoms with Crippen molar-refractivity contribution >= 4 is 44.5 Å². The molecule has 0 saturated carbocycles. The number of aromatic nitrogens is 1. The van der Waals surface area contributed by atoms with Crippen molar-refractivity contribution in [1.29, 1.82) is 0 Å². The van der Waals surface area contributed by atoms with Gasteiger partial charge in [0.2, 0.25) is 0 Å². The highest BCUT2D eigenvalue weighted by Gasteiger charge is 2.23. The van der Waals surface area contributed by atoms with Crippen LogP contribution < -0.4 is 15.4 Å². The van der Waals surface area contributed by atoms with Crippen LogP contribution in [0.15, 0.2) is 48.5 Å². The molecule has 2 N–H and O–H groups in total. The van der Waals surface area contributed by atoms with E-state index in [0.717, 1.165) is 10.2 Å². The number of ether oxygens (including phenoxy) is 2. The summed E-state index contributed by atoms with van der Waals surface area (Å²) in [5, 5.41) is 5.69. The number of carbonyl (C=O) groups excluding carboxylic acids is 3. The second kappa shape index (κ2) is 10.5. The highest BCUT2D eigenvalue weighted by atomic mass is 32.1. The van der Waals surface area contributed by atoms with Gasteiger partial charge < -0.3 is 14.8 Å². The van der Waals surface area contributed by atoms with Gasteiger partial charge in [0.25, 0.3) is 11.8 Å². The van der Waals surface area contributed by atoms with Crippen molar-refractivity contribution in [3.05, 3.63) is 54.1 Å². The number of esters is 1. The molecule has 0 aliphatic rings. The quantitative estimate of drug-likeness (QED) is 0.493. The topological polar surface area (TPSA) is 107 Å². The second-order valence-electron chi connectivity index (χ2n) is 6.69. The summed E-state index contributed by atoms with van der Waals surface area (Å²) in [6.45, 7) is 1.42. The number of carbonyl (C=O) groups is 3. The zero-order valence-electron chi connectivity index (χ0n) is 17.2. The normalized spacial score (nSPS) is 11.5. The molecule has 0 saturated heterocycles. The number of methoxy groups -OCH3 is 1. The molecular formula is C22H23N3O5S. The van der Waals surface area contributed by atoms with Crippen LogP contribution in [0.25, 0.3) is 10.2 Å². The Balaban J connectivity index is 1.55. The zero-order valence-corrected chi connectivity index (χ0v) is 18.0. The summed E-state index contributed by atoms with van der Waals surface area (Å²) in [4.78, 5) is 41.3. The van der Waals surface area contributed by atoms with Gasteiger partial charge in [-0.05, 0) is 36.8 Å². The molecule has 8 nitrogen and oxygen atoms in total. The monoisotopic (exact) mass is 441 g/mol. The molecule has 162 valence electrons. The van der Waals surface area contributed by atoms with E-state index in [1.165, 1.54) is 11.3 Å². The van der Waals surface area contributed by atoms with Crippen LogP contribution in [-0.4, -0.2) is 42.5 Å². The summed E-state index contributed by atoms with van der Waals surface area (Å²) in [5.41, 5.74) is 1.17. The van der Waals surface area contributed by atoms with Crippen molar-refractivity contribution in [3.63, 3.8) is 0 Å². The number of fused-ring (bicyclic) bond motifs is 1. The van der Waals surface area contributed by atoms with Gasteiger partial charge in [0.1, 0.15) is 11.8 Å². The highest BCUT2D eigenvalue weighted by molar-refractivity contribution is 7.22. The number of hydrogen-bond donors (Lipinski definition) is 2.